The first-order valence-electron chi connectivity index (χ1n) is 5.72. The Kier molecular flexibility index (Phi) is 3.61. The van der Waals surface area contributed by atoms with E-state index in [0.717, 1.165) is 35.4 Å². The minimum atomic E-state index is -0.376. The molecule has 0 aliphatic heterocycles. The lowest BCUT2D eigenvalue weighted by molar-refractivity contribution is 0.0720. The van der Waals surface area contributed by atoms with Gasteiger partial charge in [-0.05, 0) is 31.9 Å². The molecule has 1 fully saturated rings. The Morgan fingerprint density at radius 3 is 2.81 bits per heavy atom. The summed E-state index contributed by atoms with van der Waals surface area (Å²) in [6, 6.07) is 3.71. The maximum absolute atomic E-state index is 11.9. The lowest BCUT2D eigenvalue weighted by Crippen LogP contribution is -2.44. The zero-order chi connectivity index (χ0) is 11.5. The topological polar surface area (TPSA) is 49.3 Å². The van der Waals surface area contributed by atoms with Gasteiger partial charge in [0.15, 0.2) is 0 Å². The van der Waals surface area contributed by atoms with E-state index in [2.05, 4.69) is 5.32 Å². The van der Waals surface area contributed by atoms with E-state index in [0.29, 0.717) is 0 Å². The molecule has 1 saturated carbocycles. The Bertz CT molecular complexity index is 375. The number of aryl methyl sites for hydroxylation is 1. The van der Waals surface area contributed by atoms with Crippen LogP contribution >= 0.6 is 11.3 Å². The van der Waals surface area contributed by atoms with Gasteiger partial charge in [0.25, 0.3) is 5.91 Å². The van der Waals surface area contributed by atoms with Gasteiger partial charge in [-0.2, -0.15) is 0 Å². The summed E-state index contributed by atoms with van der Waals surface area (Å²) in [6.07, 6.45) is 3.46. The van der Waals surface area contributed by atoms with Gasteiger partial charge in [-0.1, -0.05) is 12.8 Å². The molecule has 2 N–H and O–H groups in total. The molecule has 0 aromatic carbocycles. The molecule has 0 saturated heterocycles. The lowest BCUT2D eigenvalue weighted by Gasteiger charge is -2.28. The van der Waals surface area contributed by atoms with E-state index < -0.39 is 0 Å². The molecular weight excluding hydrogens is 222 g/mol. The van der Waals surface area contributed by atoms with E-state index in [4.69, 9.17) is 0 Å². The molecule has 0 radical (unpaired) electrons. The molecule has 0 bridgehead atoms. The highest BCUT2D eigenvalue weighted by atomic mass is 32.1. The molecule has 2 atom stereocenters. The third-order valence-electron chi connectivity index (χ3n) is 3.01. The number of hydrogen-bond acceptors (Lipinski definition) is 3. The van der Waals surface area contributed by atoms with Crippen molar-refractivity contribution in [3.05, 3.63) is 21.9 Å². The van der Waals surface area contributed by atoms with Crippen molar-refractivity contribution >= 4 is 17.2 Å². The van der Waals surface area contributed by atoms with Crippen molar-refractivity contribution in [1.82, 2.24) is 5.32 Å². The fourth-order valence-corrected chi connectivity index (χ4v) is 2.85. The molecule has 3 nitrogen and oxygen atoms in total. The van der Waals surface area contributed by atoms with Crippen LogP contribution in [0.25, 0.3) is 0 Å². The van der Waals surface area contributed by atoms with Crippen molar-refractivity contribution in [2.45, 2.75) is 44.8 Å². The number of hydrogen-bond donors (Lipinski definition) is 2. The summed E-state index contributed by atoms with van der Waals surface area (Å²) in [5.74, 6) is -0.0518. The van der Waals surface area contributed by atoms with Crippen LogP contribution in [0.3, 0.4) is 0 Å². The summed E-state index contributed by atoms with van der Waals surface area (Å²) in [6.45, 7) is 1.98. The standard InChI is InChI=1S/C12H17NO2S/c1-8-6-7-11(16-8)12(15)13-9-4-2-3-5-10(9)14/h6-7,9-10,14H,2-5H2,1H3,(H,13,15)/t9-,10-/m0/s1. The number of carbonyl (C=O) groups excluding carboxylic acids is 1. The van der Waals surface area contributed by atoms with Crippen molar-refractivity contribution in [2.24, 2.45) is 0 Å². The van der Waals surface area contributed by atoms with Gasteiger partial charge >= 0.3 is 0 Å². The van der Waals surface area contributed by atoms with Gasteiger partial charge < -0.3 is 10.4 Å². The number of carbonyl (C=O) groups is 1. The Hall–Kier alpha value is -0.870. The molecule has 2 rings (SSSR count). The van der Waals surface area contributed by atoms with Crippen molar-refractivity contribution in [2.75, 3.05) is 0 Å². The summed E-state index contributed by atoms with van der Waals surface area (Å²) in [5, 5.41) is 12.7. The van der Waals surface area contributed by atoms with E-state index in [9.17, 15) is 9.90 Å². The summed E-state index contributed by atoms with van der Waals surface area (Å²) < 4.78 is 0. The second-order valence-electron chi connectivity index (χ2n) is 4.34. The van der Waals surface area contributed by atoms with Crippen LogP contribution in [0.4, 0.5) is 0 Å². The van der Waals surface area contributed by atoms with Crippen molar-refractivity contribution in [3.8, 4) is 0 Å². The number of aliphatic hydroxyl groups is 1. The van der Waals surface area contributed by atoms with Crippen LogP contribution in [0.5, 0.6) is 0 Å². The molecule has 1 amide bonds. The maximum Gasteiger partial charge on any atom is 0.261 e. The third kappa shape index (κ3) is 2.62. The summed E-state index contributed by atoms with van der Waals surface area (Å²) in [7, 11) is 0. The molecule has 1 aliphatic rings. The summed E-state index contributed by atoms with van der Waals surface area (Å²) in [4.78, 5) is 13.7. The Balaban J connectivity index is 1.96. The second-order valence-corrected chi connectivity index (χ2v) is 5.63. The Morgan fingerprint density at radius 2 is 2.19 bits per heavy atom. The van der Waals surface area contributed by atoms with Crippen molar-refractivity contribution < 1.29 is 9.90 Å². The van der Waals surface area contributed by atoms with Gasteiger partial charge in [-0.3, -0.25) is 4.79 Å². The number of aliphatic hydroxyl groups excluding tert-OH is 1. The van der Waals surface area contributed by atoms with E-state index in [1.54, 1.807) is 0 Å². The first kappa shape index (κ1) is 11.6. The average molecular weight is 239 g/mol. The molecule has 16 heavy (non-hydrogen) atoms. The van der Waals surface area contributed by atoms with E-state index in [1.807, 2.05) is 19.1 Å². The molecule has 88 valence electrons. The number of thiophene rings is 1. The minimum absolute atomic E-state index is 0.0518. The molecule has 1 aromatic heterocycles. The van der Waals surface area contributed by atoms with Crippen molar-refractivity contribution in [1.29, 1.82) is 0 Å². The SMILES string of the molecule is Cc1ccc(C(=O)N[C@H]2CCCC[C@@H]2O)s1. The van der Waals surface area contributed by atoms with E-state index in [-0.39, 0.29) is 18.1 Å². The van der Waals surface area contributed by atoms with Gasteiger partial charge in [0.2, 0.25) is 0 Å². The number of amides is 1. The van der Waals surface area contributed by atoms with Crippen LogP contribution in [0, 0.1) is 6.92 Å². The zero-order valence-corrected chi connectivity index (χ0v) is 10.2. The largest absolute Gasteiger partial charge is 0.391 e. The van der Waals surface area contributed by atoms with Gasteiger partial charge in [0.1, 0.15) is 0 Å². The number of nitrogens with one attached hydrogen (secondary N) is 1. The highest BCUT2D eigenvalue weighted by Crippen LogP contribution is 2.20. The third-order valence-corrected chi connectivity index (χ3v) is 4.01. The quantitative estimate of drug-likeness (QED) is 0.830. The summed E-state index contributed by atoms with van der Waals surface area (Å²) in [5.41, 5.74) is 0. The Labute approximate surface area is 99.5 Å². The first-order chi connectivity index (χ1) is 7.66. The van der Waals surface area contributed by atoms with Gasteiger partial charge in [0, 0.05) is 4.88 Å². The highest BCUT2D eigenvalue weighted by Gasteiger charge is 2.25. The molecule has 0 unspecified atom stereocenters. The number of rotatable bonds is 2. The molecular formula is C12H17NO2S. The van der Waals surface area contributed by atoms with Crippen LogP contribution in [0.2, 0.25) is 0 Å². The van der Waals surface area contributed by atoms with Crippen LogP contribution in [0.1, 0.15) is 40.2 Å². The first-order valence-corrected chi connectivity index (χ1v) is 6.54. The van der Waals surface area contributed by atoms with Gasteiger partial charge in [-0.25, -0.2) is 0 Å². The monoisotopic (exact) mass is 239 g/mol. The second kappa shape index (κ2) is 4.97. The van der Waals surface area contributed by atoms with Crippen LogP contribution < -0.4 is 5.32 Å². The summed E-state index contributed by atoms with van der Waals surface area (Å²) >= 11 is 1.49. The Morgan fingerprint density at radius 1 is 1.44 bits per heavy atom. The maximum atomic E-state index is 11.9. The fourth-order valence-electron chi connectivity index (χ4n) is 2.08. The predicted molar refractivity (Wildman–Crippen MR) is 64.8 cm³/mol. The van der Waals surface area contributed by atoms with Crippen LogP contribution in [0.15, 0.2) is 12.1 Å². The smallest absolute Gasteiger partial charge is 0.261 e. The van der Waals surface area contributed by atoms with Crippen LogP contribution in [-0.2, 0) is 0 Å². The van der Waals surface area contributed by atoms with Gasteiger partial charge in [0.05, 0.1) is 17.0 Å². The molecule has 0 spiro atoms. The van der Waals surface area contributed by atoms with Gasteiger partial charge in [-0.15, -0.1) is 11.3 Å². The predicted octanol–water partition coefficient (Wildman–Crippen LogP) is 2.09. The molecule has 1 aliphatic carbocycles. The molecule has 1 aromatic rings. The lowest BCUT2D eigenvalue weighted by atomic mass is 9.92. The van der Waals surface area contributed by atoms with E-state index >= 15 is 0 Å². The minimum Gasteiger partial charge on any atom is -0.391 e. The average Bonchev–Trinajstić information content (AvgIpc) is 2.68. The zero-order valence-electron chi connectivity index (χ0n) is 9.40. The van der Waals surface area contributed by atoms with Crippen LogP contribution in [-0.4, -0.2) is 23.2 Å². The highest BCUT2D eigenvalue weighted by molar-refractivity contribution is 7.13. The fraction of sp³-hybridized carbons (Fsp3) is 0.583. The normalized spacial score (nSPS) is 25.4. The molecule has 4 heteroatoms. The van der Waals surface area contributed by atoms with E-state index in [1.165, 1.54) is 11.3 Å². The molecule has 1 heterocycles. The van der Waals surface area contributed by atoms with Crippen molar-refractivity contribution in [3.63, 3.8) is 0 Å².